The summed E-state index contributed by atoms with van der Waals surface area (Å²) in [5.41, 5.74) is 12.1. The Hall–Kier alpha value is -2.85. The van der Waals surface area contributed by atoms with Crippen molar-refractivity contribution < 1.29 is 13.9 Å². The molecule has 0 fully saturated rings. The van der Waals surface area contributed by atoms with Gasteiger partial charge in [0.05, 0.1) is 6.61 Å². The Kier molecular flexibility index (Phi) is 10.0. The Morgan fingerprint density at radius 3 is 2.71 bits per heavy atom. The van der Waals surface area contributed by atoms with E-state index in [4.69, 9.17) is 15.2 Å². The Labute approximate surface area is 186 Å². The third-order valence-corrected chi connectivity index (χ3v) is 5.07. The maximum absolute atomic E-state index is 13.8. The lowest BCUT2D eigenvalue weighted by molar-refractivity contribution is 0.143. The average molecular weight is 424 g/mol. The lowest BCUT2D eigenvalue weighted by Gasteiger charge is -2.19. The molecule has 0 heterocycles. The molecule has 0 bridgehead atoms. The van der Waals surface area contributed by atoms with Crippen molar-refractivity contribution in [1.29, 1.82) is 0 Å². The van der Waals surface area contributed by atoms with Crippen LogP contribution < -0.4 is 5.73 Å². The second-order valence-corrected chi connectivity index (χ2v) is 7.47. The topological polar surface area (TPSA) is 44.5 Å². The number of ether oxygens (including phenoxy) is 2. The molecule has 0 radical (unpaired) electrons. The standard InChI is InChI=1S/C27H34FNO2/c1-5-7-10-21(6-2)27(29)15-20(3)23-16-24(22-11-8-12-25(28)17-22)19-26(18-23)31-14-9-13-30-4/h5,7-8,10-12,15-17,19H,6,9,13-14,18,29H2,1-4H3/b7-5-,21-10+,23-20-,27-15-. The van der Waals surface area contributed by atoms with Crippen LogP contribution in [0.1, 0.15) is 45.6 Å². The van der Waals surface area contributed by atoms with E-state index in [-0.39, 0.29) is 5.82 Å². The number of hydrogen-bond donors (Lipinski definition) is 1. The molecule has 0 saturated carbocycles. The molecular weight excluding hydrogens is 389 g/mol. The number of methoxy groups -OCH3 is 1. The van der Waals surface area contributed by atoms with Crippen molar-refractivity contribution in [2.24, 2.45) is 5.73 Å². The summed E-state index contributed by atoms with van der Waals surface area (Å²) in [6.45, 7) is 7.36. The van der Waals surface area contributed by atoms with Gasteiger partial charge in [-0.05, 0) is 72.4 Å². The van der Waals surface area contributed by atoms with Gasteiger partial charge in [0.1, 0.15) is 11.6 Å². The largest absolute Gasteiger partial charge is 0.497 e. The van der Waals surface area contributed by atoms with Crippen LogP contribution in [0.4, 0.5) is 4.39 Å². The molecule has 0 spiro atoms. The maximum Gasteiger partial charge on any atom is 0.123 e. The average Bonchev–Trinajstić information content (AvgIpc) is 2.77. The fourth-order valence-electron chi connectivity index (χ4n) is 3.33. The molecular formula is C27H34FNO2. The van der Waals surface area contributed by atoms with Gasteiger partial charge in [0, 0.05) is 32.3 Å². The summed E-state index contributed by atoms with van der Waals surface area (Å²) >= 11 is 0. The normalized spacial score (nSPS) is 16.9. The highest BCUT2D eigenvalue weighted by Gasteiger charge is 2.15. The van der Waals surface area contributed by atoms with Gasteiger partial charge >= 0.3 is 0 Å². The van der Waals surface area contributed by atoms with Gasteiger partial charge in [-0.25, -0.2) is 4.39 Å². The number of benzene rings is 1. The Morgan fingerprint density at radius 2 is 2.03 bits per heavy atom. The zero-order valence-corrected chi connectivity index (χ0v) is 19.1. The number of allylic oxidation sites excluding steroid dienone is 10. The van der Waals surface area contributed by atoms with Crippen LogP contribution in [0, 0.1) is 5.82 Å². The van der Waals surface area contributed by atoms with Gasteiger partial charge in [-0.2, -0.15) is 0 Å². The first-order chi connectivity index (χ1) is 15.0. The third kappa shape index (κ3) is 7.72. The van der Waals surface area contributed by atoms with Gasteiger partial charge < -0.3 is 15.2 Å². The van der Waals surface area contributed by atoms with Crippen LogP contribution in [0.25, 0.3) is 5.57 Å². The van der Waals surface area contributed by atoms with Gasteiger partial charge in [-0.1, -0.05) is 43.4 Å². The van der Waals surface area contributed by atoms with E-state index in [1.54, 1.807) is 19.2 Å². The van der Waals surface area contributed by atoms with Crippen molar-refractivity contribution in [3.63, 3.8) is 0 Å². The molecule has 2 N–H and O–H groups in total. The van der Waals surface area contributed by atoms with Crippen molar-refractivity contribution in [3.05, 3.63) is 100 Å². The van der Waals surface area contributed by atoms with E-state index >= 15 is 0 Å². The molecule has 4 heteroatoms. The highest BCUT2D eigenvalue weighted by molar-refractivity contribution is 5.78. The first-order valence-electron chi connectivity index (χ1n) is 10.8. The lowest BCUT2D eigenvalue weighted by Crippen LogP contribution is -2.05. The predicted octanol–water partition coefficient (Wildman–Crippen LogP) is 6.62. The minimum atomic E-state index is -0.256. The Morgan fingerprint density at radius 1 is 1.23 bits per heavy atom. The molecule has 0 atom stereocenters. The van der Waals surface area contributed by atoms with E-state index in [2.05, 4.69) is 19.9 Å². The van der Waals surface area contributed by atoms with Crippen LogP contribution in [0.15, 0.2) is 88.9 Å². The van der Waals surface area contributed by atoms with E-state index < -0.39 is 0 Å². The lowest BCUT2D eigenvalue weighted by atomic mass is 9.92. The summed E-state index contributed by atoms with van der Waals surface area (Å²) in [6.07, 6.45) is 14.5. The van der Waals surface area contributed by atoms with Gasteiger partial charge in [-0.15, -0.1) is 0 Å². The molecule has 0 aromatic heterocycles. The van der Waals surface area contributed by atoms with Crippen LogP contribution in [0.2, 0.25) is 0 Å². The van der Waals surface area contributed by atoms with Gasteiger partial charge in [-0.3, -0.25) is 0 Å². The summed E-state index contributed by atoms with van der Waals surface area (Å²) in [5.74, 6) is 0.604. The number of hydrogen-bond acceptors (Lipinski definition) is 3. The van der Waals surface area contributed by atoms with Crippen LogP contribution in [-0.2, 0) is 9.47 Å². The monoisotopic (exact) mass is 423 g/mol. The smallest absolute Gasteiger partial charge is 0.123 e. The molecule has 0 amide bonds. The fraction of sp³-hybridized carbons (Fsp3) is 0.333. The van der Waals surface area contributed by atoms with Crippen LogP contribution in [0.5, 0.6) is 0 Å². The second kappa shape index (κ2) is 12.8. The third-order valence-electron chi connectivity index (χ3n) is 5.07. The highest BCUT2D eigenvalue weighted by Crippen LogP contribution is 2.32. The highest BCUT2D eigenvalue weighted by atomic mass is 19.1. The molecule has 0 unspecified atom stereocenters. The molecule has 1 aliphatic rings. The maximum atomic E-state index is 13.8. The number of halogens is 1. The first kappa shape index (κ1) is 24.4. The molecule has 166 valence electrons. The zero-order valence-electron chi connectivity index (χ0n) is 19.1. The SMILES string of the molecule is C\C=C/C=C(CC)/C(N)=C/C(C)=C1/C=C(c2cccc(F)c2)C=C(OCCCOC)C1. The summed E-state index contributed by atoms with van der Waals surface area (Å²) in [7, 11) is 1.68. The molecule has 0 saturated heterocycles. The van der Waals surface area contributed by atoms with E-state index in [9.17, 15) is 4.39 Å². The number of nitrogens with two attached hydrogens (primary N) is 1. The summed E-state index contributed by atoms with van der Waals surface area (Å²) in [4.78, 5) is 0. The van der Waals surface area contributed by atoms with Crippen LogP contribution in [-0.4, -0.2) is 20.3 Å². The molecule has 1 aromatic rings. The van der Waals surface area contributed by atoms with E-state index in [1.807, 2.05) is 43.4 Å². The summed E-state index contributed by atoms with van der Waals surface area (Å²) in [6, 6.07) is 6.63. The van der Waals surface area contributed by atoms with E-state index in [1.165, 1.54) is 6.07 Å². The van der Waals surface area contributed by atoms with Crippen LogP contribution >= 0.6 is 0 Å². The quantitative estimate of drug-likeness (QED) is 0.340. The van der Waals surface area contributed by atoms with Gasteiger partial charge in [0.2, 0.25) is 0 Å². The first-order valence-corrected chi connectivity index (χ1v) is 10.8. The second-order valence-electron chi connectivity index (χ2n) is 7.47. The Bertz CT molecular complexity index is 932. The van der Waals surface area contributed by atoms with Crippen molar-refractivity contribution in [1.82, 2.24) is 0 Å². The van der Waals surface area contributed by atoms with Gasteiger partial charge in [0.15, 0.2) is 0 Å². The fourth-order valence-corrected chi connectivity index (χ4v) is 3.33. The molecule has 1 aliphatic carbocycles. The predicted molar refractivity (Wildman–Crippen MR) is 128 cm³/mol. The van der Waals surface area contributed by atoms with Crippen molar-refractivity contribution in [2.45, 2.75) is 40.0 Å². The van der Waals surface area contributed by atoms with E-state index in [0.717, 1.165) is 52.2 Å². The van der Waals surface area contributed by atoms with Crippen molar-refractivity contribution in [2.75, 3.05) is 20.3 Å². The number of rotatable bonds is 10. The zero-order chi connectivity index (χ0) is 22.6. The summed E-state index contributed by atoms with van der Waals surface area (Å²) in [5, 5.41) is 0. The van der Waals surface area contributed by atoms with E-state index in [0.29, 0.717) is 19.6 Å². The Balaban J connectivity index is 2.40. The molecule has 1 aromatic carbocycles. The van der Waals surface area contributed by atoms with Crippen LogP contribution in [0.3, 0.4) is 0 Å². The molecule has 31 heavy (non-hydrogen) atoms. The minimum absolute atomic E-state index is 0.256. The minimum Gasteiger partial charge on any atom is -0.497 e. The van der Waals surface area contributed by atoms with Crippen molar-refractivity contribution >= 4 is 5.57 Å². The molecule has 2 rings (SSSR count). The van der Waals surface area contributed by atoms with Gasteiger partial charge in [0.25, 0.3) is 0 Å². The molecule has 3 nitrogen and oxygen atoms in total. The molecule has 0 aliphatic heterocycles. The summed E-state index contributed by atoms with van der Waals surface area (Å²) < 4.78 is 24.9. The van der Waals surface area contributed by atoms with Crippen molar-refractivity contribution in [3.8, 4) is 0 Å².